The fourth-order valence-electron chi connectivity index (χ4n) is 3.07. The largest absolute Gasteiger partial charge is 0.454 e. The Bertz CT molecular complexity index is 1080. The summed E-state index contributed by atoms with van der Waals surface area (Å²) in [5.74, 6) is -1.64. The van der Waals surface area contributed by atoms with Crippen molar-refractivity contribution in [1.29, 1.82) is 0 Å². The van der Waals surface area contributed by atoms with E-state index in [1.54, 1.807) is 6.92 Å². The first kappa shape index (κ1) is 26.2. The number of hydrogen-bond donors (Lipinski definition) is 1. The van der Waals surface area contributed by atoms with E-state index in [0.29, 0.717) is 17.3 Å². The molecule has 1 amide bonds. The molecule has 0 saturated heterocycles. The lowest BCUT2D eigenvalue weighted by atomic mass is 10.0. The second-order valence-corrected chi connectivity index (χ2v) is 12.4. The number of hydrogen-bond acceptors (Lipinski definition) is 11. The van der Waals surface area contributed by atoms with Crippen molar-refractivity contribution in [1.82, 2.24) is 4.90 Å². The highest BCUT2D eigenvalue weighted by molar-refractivity contribution is 8.27. The van der Waals surface area contributed by atoms with Gasteiger partial charge in [0.2, 0.25) is 16.3 Å². The van der Waals surface area contributed by atoms with Gasteiger partial charge in [0.05, 0.1) is 11.3 Å². The third-order valence-corrected chi connectivity index (χ3v) is 9.93. The number of amides is 1. The average molecular weight is 513 g/mol. The van der Waals surface area contributed by atoms with Crippen LogP contribution < -0.4 is 5.14 Å². The van der Waals surface area contributed by atoms with Gasteiger partial charge in [0.15, 0.2) is 16.4 Å². The van der Waals surface area contributed by atoms with Crippen LogP contribution in [0.5, 0.6) is 0 Å². The summed E-state index contributed by atoms with van der Waals surface area (Å²) in [4.78, 5) is 36.2. The summed E-state index contributed by atoms with van der Waals surface area (Å²) in [6, 6.07) is -1.04. The molecule has 0 spiro atoms. The first-order valence-corrected chi connectivity index (χ1v) is 13.3. The molecule has 32 heavy (non-hydrogen) atoms. The fourth-order valence-corrected chi connectivity index (χ4v) is 7.54. The number of esters is 2. The quantitative estimate of drug-likeness (QED) is 0.372. The Morgan fingerprint density at radius 3 is 2.47 bits per heavy atom. The van der Waals surface area contributed by atoms with Crippen molar-refractivity contribution in [3.8, 4) is 0 Å². The second-order valence-electron chi connectivity index (χ2n) is 6.96. The molecule has 2 aliphatic rings. The Balaban J connectivity index is 2.27. The molecular formula is C17H24N2O10S3. The van der Waals surface area contributed by atoms with Crippen LogP contribution in [-0.4, -0.2) is 70.5 Å². The van der Waals surface area contributed by atoms with Crippen LogP contribution in [0.1, 0.15) is 34.1 Å². The lowest BCUT2D eigenvalue weighted by Gasteiger charge is -2.32. The third kappa shape index (κ3) is 5.82. The van der Waals surface area contributed by atoms with E-state index >= 15 is 0 Å². The standard InChI is InChI=1S/C17H24N2O10S3/c1-5-19(17(22)29-11(4)28-14(21)8-27-10(3)20)13-7-15(32(18,25)26)30-16-12(13)6-9(2)31(16,23)24/h7,9,11,13H,5-6,8H2,1-4H3,(H2,18,25,26)/t9-,11?,13-/m0/s1. The Morgan fingerprint density at radius 2 is 1.94 bits per heavy atom. The molecule has 0 aromatic heterocycles. The molecule has 180 valence electrons. The summed E-state index contributed by atoms with van der Waals surface area (Å²) in [7, 11) is -8.03. The highest BCUT2D eigenvalue weighted by Gasteiger charge is 2.45. The lowest BCUT2D eigenvalue weighted by Crippen LogP contribution is -2.43. The molecule has 2 rings (SSSR count). The second kappa shape index (κ2) is 9.80. The van der Waals surface area contributed by atoms with Crippen LogP contribution in [0.15, 0.2) is 20.1 Å². The van der Waals surface area contributed by atoms with Gasteiger partial charge in [-0.25, -0.2) is 31.6 Å². The molecule has 0 aromatic carbocycles. The van der Waals surface area contributed by atoms with Gasteiger partial charge < -0.3 is 14.2 Å². The van der Waals surface area contributed by atoms with Gasteiger partial charge in [-0.1, -0.05) is 11.8 Å². The molecule has 3 atom stereocenters. The van der Waals surface area contributed by atoms with Crippen LogP contribution in [-0.2, 0) is 43.7 Å². The molecule has 15 heteroatoms. The number of nitrogens with two attached hydrogens (primary N) is 1. The van der Waals surface area contributed by atoms with E-state index in [1.807, 2.05) is 0 Å². The van der Waals surface area contributed by atoms with Crippen molar-refractivity contribution in [2.75, 3.05) is 13.2 Å². The van der Waals surface area contributed by atoms with E-state index in [-0.39, 0.29) is 17.2 Å². The maximum atomic E-state index is 12.8. The van der Waals surface area contributed by atoms with E-state index in [2.05, 4.69) is 4.74 Å². The summed E-state index contributed by atoms with van der Waals surface area (Å²) in [6.07, 6.45) is -1.04. The fraction of sp³-hybridized carbons (Fsp3) is 0.588. The molecule has 0 fully saturated rings. The molecule has 2 heterocycles. The van der Waals surface area contributed by atoms with Crippen molar-refractivity contribution in [3.05, 3.63) is 20.1 Å². The highest BCUT2D eigenvalue weighted by Crippen LogP contribution is 2.48. The maximum absolute atomic E-state index is 12.8. The number of ether oxygens (including phenoxy) is 3. The van der Waals surface area contributed by atoms with Crippen molar-refractivity contribution in [3.63, 3.8) is 0 Å². The zero-order valence-electron chi connectivity index (χ0n) is 17.8. The number of sulfone groups is 1. The number of rotatable bonds is 7. The van der Waals surface area contributed by atoms with Gasteiger partial charge in [0, 0.05) is 20.4 Å². The van der Waals surface area contributed by atoms with Crippen LogP contribution >= 0.6 is 11.8 Å². The minimum Gasteiger partial charge on any atom is -0.454 e. The molecule has 2 N–H and O–H groups in total. The molecule has 1 unspecified atom stereocenters. The van der Waals surface area contributed by atoms with E-state index < -0.39 is 66.3 Å². The number of carbonyl (C=O) groups is 3. The number of nitrogens with zero attached hydrogens (tertiary/aromatic N) is 1. The van der Waals surface area contributed by atoms with Crippen LogP contribution in [0, 0.1) is 0 Å². The predicted molar refractivity (Wildman–Crippen MR) is 114 cm³/mol. The molecule has 0 aliphatic carbocycles. The van der Waals surface area contributed by atoms with Gasteiger partial charge in [0.1, 0.15) is 8.47 Å². The van der Waals surface area contributed by atoms with Crippen LogP contribution in [0.2, 0.25) is 0 Å². The molecule has 12 nitrogen and oxygen atoms in total. The van der Waals surface area contributed by atoms with Crippen molar-refractivity contribution in [2.24, 2.45) is 5.14 Å². The monoisotopic (exact) mass is 512 g/mol. The molecule has 2 aliphatic heterocycles. The van der Waals surface area contributed by atoms with Gasteiger partial charge in [-0.15, -0.1) is 0 Å². The molecule has 0 bridgehead atoms. The van der Waals surface area contributed by atoms with Gasteiger partial charge in [-0.3, -0.25) is 9.69 Å². The summed E-state index contributed by atoms with van der Waals surface area (Å²) in [6.45, 7) is 4.78. The SMILES string of the molecule is CCN(C(=O)OC(C)OC(=O)COC(C)=O)[C@H]1C=C(S(N)(=O)=O)SC2=C1C[C@H](C)S2(=O)=O. The average Bonchev–Trinajstić information content (AvgIpc) is 2.89. The normalized spacial score (nSPS) is 23.0. The van der Waals surface area contributed by atoms with E-state index in [9.17, 15) is 31.2 Å². The first-order chi connectivity index (χ1) is 14.7. The van der Waals surface area contributed by atoms with Crippen LogP contribution in [0.3, 0.4) is 0 Å². The topological polar surface area (TPSA) is 176 Å². The van der Waals surface area contributed by atoms with Crippen LogP contribution in [0.4, 0.5) is 4.79 Å². The van der Waals surface area contributed by atoms with Crippen molar-refractivity contribution in [2.45, 2.75) is 51.7 Å². The number of primary sulfonamides is 1. The van der Waals surface area contributed by atoms with Crippen molar-refractivity contribution >= 4 is 49.7 Å². The van der Waals surface area contributed by atoms with Crippen molar-refractivity contribution < 1.29 is 45.4 Å². The summed E-state index contributed by atoms with van der Waals surface area (Å²) in [5, 5.41) is 4.42. The highest BCUT2D eigenvalue weighted by atomic mass is 32.3. The minimum absolute atomic E-state index is 0.0158. The Morgan fingerprint density at radius 1 is 1.31 bits per heavy atom. The minimum atomic E-state index is -4.25. The lowest BCUT2D eigenvalue weighted by molar-refractivity contribution is -0.174. The molecule has 0 radical (unpaired) electrons. The van der Waals surface area contributed by atoms with E-state index in [1.165, 1.54) is 19.9 Å². The Labute approximate surface area is 190 Å². The van der Waals surface area contributed by atoms with Gasteiger partial charge >= 0.3 is 18.0 Å². The number of likely N-dealkylation sites (N-methyl/N-ethyl adjacent to an activating group) is 1. The molecule has 0 aromatic rings. The summed E-state index contributed by atoms with van der Waals surface area (Å²) < 4.78 is 63.1. The summed E-state index contributed by atoms with van der Waals surface area (Å²) >= 11 is 0.543. The third-order valence-electron chi connectivity index (χ3n) is 4.55. The van der Waals surface area contributed by atoms with Gasteiger partial charge in [0.25, 0.3) is 0 Å². The predicted octanol–water partition coefficient (Wildman–Crippen LogP) is 0.561. The summed E-state index contributed by atoms with van der Waals surface area (Å²) in [5.41, 5.74) is 0.355. The van der Waals surface area contributed by atoms with Crippen LogP contribution in [0.25, 0.3) is 0 Å². The number of carbonyl (C=O) groups excluding carboxylic acids is 3. The maximum Gasteiger partial charge on any atom is 0.413 e. The number of thioether (sulfide) groups is 1. The zero-order chi connectivity index (χ0) is 24.4. The van der Waals surface area contributed by atoms with Gasteiger partial charge in [-0.2, -0.15) is 0 Å². The molecule has 0 saturated carbocycles. The van der Waals surface area contributed by atoms with E-state index in [4.69, 9.17) is 14.6 Å². The van der Waals surface area contributed by atoms with Gasteiger partial charge in [-0.05, 0) is 31.9 Å². The van der Waals surface area contributed by atoms with E-state index in [0.717, 1.165) is 11.8 Å². The smallest absolute Gasteiger partial charge is 0.413 e. The Kier molecular flexibility index (Phi) is 8.01. The zero-order valence-corrected chi connectivity index (χ0v) is 20.2. The molecular weight excluding hydrogens is 488 g/mol. The number of sulfonamides is 1. The first-order valence-electron chi connectivity index (χ1n) is 9.38. The Hall–Kier alpha value is -2.10.